The fourth-order valence-electron chi connectivity index (χ4n) is 4.86. The molecule has 2 aliphatic rings. The Labute approximate surface area is 178 Å². The van der Waals surface area contributed by atoms with Gasteiger partial charge in [0.2, 0.25) is 5.88 Å². The number of piperidine rings is 1. The number of benzene rings is 1. The molecule has 9 heteroatoms. The Bertz CT molecular complexity index is 941. The lowest BCUT2D eigenvalue weighted by atomic mass is 9.56. The van der Waals surface area contributed by atoms with Gasteiger partial charge in [0.05, 0.1) is 5.69 Å². The average molecular weight is 437 g/mol. The first-order valence-corrected chi connectivity index (χ1v) is 10.5. The number of ether oxygens (including phenoxy) is 1. The molecule has 0 radical (unpaired) electrons. The van der Waals surface area contributed by atoms with Crippen LogP contribution in [-0.4, -0.2) is 35.5 Å². The van der Waals surface area contributed by atoms with E-state index in [2.05, 4.69) is 15.2 Å². The fraction of sp³-hybridized carbons (Fsp3) is 0.545. The van der Waals surface area contributed by atoms with E-state index in [1.54, 1.807) is 11.0 Å². The van der Waals surface area contributed by atoms with Crippen LogP contribution in [0.3, 0.4) is 0 Å². The van der Waals surface area contributed by atoms with Crippen LogP contribution < -0.4 is 10.1 Å². The molecular weight excluding hydrogens is 411 g/mol. The lowest BCUT2D eigenvalue weighted by Crippen LogP contribution is -2.49. The van der Waals surface area contributed by atoms with Crippen LogP contribution in [0.4, 0.5) is 23.8 Å². The number of carbonyl (C=O) groups is 1. The number of aromatic nitrogens is 1. The highest BCUT2D eigenvalue weighted by Crippen LogP contribution is 2.57. The number of likely N-dealkylation sites (tertiary alicyclic amines) is 1. The number of alkyl halides is 3. The molecule has 1 aromatic carbocycles. The molecule has 6 nitrogen and oxygen atoms in total. The zero-order valence-corrected chi connectivity index (χ0v) is 17.6. The van der Waals surface area contributed by atoms with Gasteiger partial charge in [0.15, 0.2) is 0 Å². The van der Waals surface area contributed by atoms with E-state index < -0.39 is 6.36 Å². The highest BCUT2D eigenvalue weighted by atomic mass is 19.4. The number of aryl methyl sites for hydroxylation is 1. The maximum atomic E-state index is 12.6. The summed E-state index contributed by atoms with van der Waals surface area (Å²) < 4.78 is 46.7. The van der Waals surface area contributed by atoms with Crippen LogP contribution in [-0.2, 0) is 6.42 Å². The van der Waals surface area contributed by atoms with Crippen molar-refractivity contribution < 1.29 is 27.2 Å². The van der Waals surface area contributed by atoms with Crippen molar-refractivity contribution in [2.75, 3.05) is 18.4 Å². The zero-order chi connectivity index (χ0) is 22.2. The standard InChI is InChI=1S/C22H26F3N3O3/c1-3-18-14(2)27-31-19(18)26-20(29)28-9-7-21(8-10-28)12-16(13-21)15-5-4-6-17(11-15)30-22(23,24)25/h4-6,11,16H,3,7-10,12-13H2,1-2H3,(H,26,29). The number of hydrogen-bond donors (Lipinski definition) is 1. The maximum absolute atomic E-state index is 12.6. The Morgan fingerprint density at radius 1 is 1.32 bits per heavy atom. The molecule has 2 fully saturated rings. The number of anilines is 1. The van der Waals surface area contributed by atoms with Gasteiger partial charge in [0.1, 0.15) is 5.75 Å². The quantitative estimate of drug-likeness (QED) is 0.673. The minimum absolute atomic E-state index is 0.153. The van der Waals surface area contributed by atoms with E-state index >= 15 is 0 Å². The Morgan fingerprint density at radius 3 is 2.68 bits per heavy atom. The molecule has 2 heterocycles. The van der Waals surface area contributed by atoms with Crippen molar-refractivity contribution in [3.8, 4) is 5.75 Å². The molecule has 168 valence electrons. The van der Waals surface area contributed by atoms with Crippen molar-refractivity contribution in [2.45, 2.75) is 58.2 Å². The van der Waals surface area contributed by atoms with Gasteiger partial charge >= 0.3 is 12.4 Å². The number of amides is 2. The summed E-state index contributed by atoms with van der Waals surface area (Å²) in [7, 11) is 0. The Kier molecular flexibility index (Phi) is 5.61. The molecule has 1 spiro atoms. The third kappa shape index (κ3) is 4.65. The smallest absolute Gasteiger partial charge is 0.406 e. The minimum Gasteiger partial charge on any atom is -0.406 e. The van der Waals surface area contributed by atoms with Gasteiger partial charge in [0.25, 0.3) is 0 Å². The third-order valence-corrected chi connectivity index (χ3v) is 6.59. The molecule has 0 bridgehead atoms. The molecule has 1 aliphatic heterocycles. The van der Waals surface area contributed by atoms with Crippen LogP contribution in [0.2, 0.25) is 0 Å². The Morgan fingerprint density at radius 2 is 2.03 bits per heavy atom. The van der Waals surface area contributed by atoms with Crippen molar-refractivity contribution in [3.05, 3.63) is 41.1 Å². The van der Waals surface area contributed by atoms with E-state index in [4.69, 9.17) is 4.52 Å². The summed E-state index contributed by atoms with van der Waals surface area (Å²) >= 11 is 0. The Hall–Kier alpha value is -2.71. The summed E-state index contributed by atoms with van der Waals surface area (Å²) in [6.45, 7) is 5.12. The zero-order valence-electron chi connectivity index (χ0n) is 17.6. The molecule has 0 atom stereocenters. The van der Waals surface area contributed by atoms with Crippen molar-refractivity contribution in [1.82, 2.24) is 10.1 Å². The number of rotatable bonds is 4. The van der Waals surface area contributed by atoms with Gasteiger partial charge in [-0.1, -0.05) is 24.2 Å². The number of urea groups is 1. The summed E-state index contributed by atoms with van der Waals surface area (Å²) in [6, 6.07) is 6.08. The molecule has 1 aromatic heterocycles. The number of nitrogens with zero attached hydrogens (tertiary/aromatic N) is 2. The second-order valence-corrected chi connectivity index (χ2v) is 8.57. The van der Waals surface area contributed by atoms with Crippen LogP contribution in [0.1, 0.15) is 55.3 Å². The van der Waals surface area contributed by atoms with Crippen LogP contribution in [0.15, 0.2) is 28.8 Å². The molecule has 1 saturated carbocycles. The van der Waals surface area contributed by atoms with Crippen molar-refractivity contribution >= 4 is 11.9 Å². The first kappa shape index (κ1) is 21.5. The maximum Gasteiger partial charge on any atom is 0.573 e. The second kappa shape index (κ2) is 8.09. The van der Waals surface area contributed by atoms with Gasteiger partial charge in [-0.3, -0.25) is 5.32 Å². The van der Waals surface area contributed by atoms with Gasteiger partial charge in [-0.2, -0.15) is 0 Å². The highest BCUT2D eigenvalue weighted by molar-refractivity contribution is 5.88. The van der Waals surface area contributed by atoms with Crippen molar-refractivity contribution in [1.29, 1.82) is 0 Å². The first-order valence-electron chi connectivity index (χ1n) is 10.5. The molecule has 4 rings (SSSR count). The predicted molar refractivity (Wildman–Crippen MR) is 108 cm³/mol. The molecule has 1 aliphatic carbocycles. The number of hydrogen-bond acceptors (Lipinski definition) is 4. The summed E-state index contributed by atoms with van der Waals surface area (Å²) in [6.07, 6.45) is -0.365. The van der Waals surface area contributed by atoms with Gasteiger partial charge in [-0.05, 0) is 68.1 Å². The minimum atomic E-state index is -4.69. The second-order valence-electron chi connectivity index (χ2n) is 8.57. The largest absolute Gasteiger partial charge is 0.573 e. The van der Waals surface area contributed by atoms with Gasteiger partial charge in [0, 0.05) is 18.7 Å². The van der Waals surface area contributed by atoms with Crippen LogP contribution in [0, 0.1) is 12.3 Å². The number of nitrogens with one attached hydrogen (secondary N) is 1. The summed E-state index contributed by atoms with van der Waals surface area (Å²) in [4.78, 5) is 14.4. The van der Waals surface area contributed by atoms with Gasteiger partial charge in [-0.25, -0.2) is 4.79 Å². The van der Waals surface area contributed by atoms with E-state index in [1.807, 2.05) is 19.9 Å². The fourth-order valence-corrected chi connectivity index (χ4v) is 4.86. The molecule has 2 aromatic rings. The molecule has 1 N–H and O–H groups in total. The van der Waals surface area contributed by atoms with Crippen LogP contribution >= 0.6 is 0 Å². The molecule has 31 heavy (non-hydrogen) atoms. The van der Waals surface area contributed by atoms with E-state index in [0.29, 0.717) is 19.0 Å². The van der Waals surface area contributed by atoms with Crippen molar-refractivity contribution in [3.63, 3.8) is 0 Å². The monoisotopic (exact) mass is 437 g/mol. The Balaban J connectivity index is 1.30. The van der Waals surface area contributed by atoms with Gasteiger partial charge in [-0.15, -0.1) is 13.2 Å². The summed E-state index contributed by atoms with van der Waals surface area (Å²) in [5.41, 5.74) is 2.71. The molecule has 2 amide bonds. The van der Waals surface area contributed by atoms with Gasteiger partial charge < -0.3 is 14.2 Å². The first-order chi connectivity index (χ1) is 14.7. The third-order valence-electron chi connectivity index (χ3n) is 6.59. The molecular formula is C22H26F3N3O3. The normalized spacial score (nSPS) is 18.7. The lowest BCUT2D eigenvalue weighted by Gasteiger charge is -2.52. The summed E-state index contributed by atoms with van der Waals surface area (Å²) in [5, 5.41) is 6.74. The SMILES string of the molecule is CCc1c(C)noc1NC(=O)N1CCC2(CC1)CC(c1cccc(OC(F)(F)F)c1)C2. The molecule has 0 unspecified atom stereocenters. The van der Waals surface area contributed by atoms with E-state index in [1.165, 1.54) is 12.1 Å². The van der Waals surface area contributed by atoms with E-state index in [-0.39, 0.29) is 23.1 Å². The van der Waals surface area contributed by atoms with Crippen LogP contribution in [0.25, 0.3) is 0 Å². The molecule has 1 saturated heterocycles. The van der Waals surface area contributed by atoms with Crippen LogP contribution in [0.5, 0.6) is 5.75 Å². The average Bonchev–Trinajstić information content (AvgIpc) is 3.04. The summed E-state index contributed by atoms with van der Waals surface area (Å²) in [5.74, 6) is 0.461. The van der Waals surface area contributed by atoms with Crippen molar-refractivity contribution in [2.24, 2.45) is 5.41 Å². The van der Waals surface area contributed by atoms with E-state index in [0.717, 1.165) is 48.9 Å². The topological polar surface area (TPSA) is 67.6 Å². The number of carbonyl (C=O) groups excluding carboxylic acids is 1. The lowest BCUT2D eigenvalue weighted by molar-refractivity contribution is -0.274. The predicted octanol–water partition coefficient (Wildman–Crippen LogP) is 5.64. The van der Waals surface area contributed by atoms with E-state index in [9.17, 15) is 18.0 Å². The number of halogens is 3. The highest BCUT2D eigenvalue weighted by Gasteiger charge is 2.47.